The predicted molar refractivity (Wildman–Crippen MR) is 95.3 cm³/mol. The van der Waals surface area contributed by atoms with Crippen LogP contribution < -0.4 is 10.6 Å². The van der Waals surface area contributed by atoms with Gasteiger partial charge in [0.05, 0.1) is 5.41 Å². The Morgan fingerprint density at radius 2 is 1.68 bits per heavy atom. The Hall–Kier alpha value is -2.89. The van der Waals surface area contributed by atoms with Crippen LogP contribution in [0.1, 0.15) is 30.6 Å². The molecule has 132 valence electrons. The van der Waals surface area contributed by atoms with E-state index in [9.17, 15) is 14.4 Å². The van der Waals surface area contributed by atoms with Crippen LogP contribution in [0.25, 0.3) is 10.8 Å². The van der Waals surface area contributed by atoms with Gasteiger partial charge in [0.2, 0.25) is 5.91 Å². The molecule has 0 radical (unpaired) electrons. The lowest BCUT2D eigenvalue weighted by Crippen LogP contribution is -2.40. The summed E-state index contributed by atoms with van der Waals surface area (Å²) >= 11 is 0. The maximum absolute atomic E-state index is 12.2. The Bertz CT molecular complexity index is 799. The molecule has 0 unspecified atom stereocenters. The van der Waals surface area contributed by atoms with Crippen LogP contribution in [-0.2, 0) is 9.59 Å². The maximum Gasteiger partial charge on any atom is 0.310 e. The molecule has 25 heavy (non-hydrogen) atoms. The number of amides is 2. The molecule has 0 aromatic heterocycles. The van der Waals surface area contributed by atoms with E-state index < -0.39 is 11.4 Å². The summed E-state index contributed by atoms with van der Waals surface area (Å²) in [7, 11) is 0. The topological polar surface area (TPSA) is 95.5 Å². The van der Waals surface area contributed by atoms with Crippen molar-refractivity contribution in [3.8, 4) is 0 Å². The summed E-state index contributed by atoms with van der Waals surface area (Å²) in [6, 6.07) is 13.2. The summed E-state index contributed by atoms with van der Waals surface area (Å²) in [5.41, 5.74) is -0.490. The molecule has 2 rings (SSSR count). The lowest BCUT2D eigenvalue weighted by molar-refractivity contribution is -0.146. The second-order valence-corrected chi connectivity index (χ2v) is 6.53. The van der Waals surface area contributed by atoms with E-state index in [1.807, 2.05) is 30.3 Å². The van der Waals surface area contributed by atoms with Crippen LogP contribution in [-0.4, -0.2) is 36.0 Å². The quantitative estimate of drug-likeness (QED) is 0.719. The van der Waals surface area contributed by atoms with E-state index in [0.29, 0.717) is 5.56 Å². The molecule has 0 bridgehead atoms. The summed E-state index contributed by atoms with van der Waals surface area (Å²) in [5.74, 6) is -1.52. The average molecular weight is 342 g/mol. The first-order valence-electron chi connectivity index (χ1n) is 8.07. The van der Waals surface area contributed by atoms with Crippen LogP contribution in [0, 0.1) is 5.41 Å². The minimum absolute atomic E-state index is 0.0415. The molecule has 0 aliphatic rings. The molecule has 3 N–H and O–H groups in total. The number of nitrogens with one attached hydrogen (secondary N) is 2. The monoisotopic (exact) mass is 342 g/mol. The molecule has 0 saturated carbocycles. The van der Waals surface area contributed by atoms with Crippen molar-refractivity contribution in [2.75, 3.05) is 13.1 Å². The Morgan fingerprint density at radius 1 is 1.00 bits per heavy atom. The van der Waals surface area contributed by atoms with Crippen LogP contribution in [0.3, 0.4) is 0 Å². The summed E-state index contributed by atoms with van der Waals surface area (Å²) < 4.78 is 0. The molecule has 0 aliphatic carbocycles. The summed E-state index contributed by atoms with van der Waals surface area (Å²) in [6.45, 7) is 3.30. The SMILES string of the molecule is CC(C)(CNC(=O)CCNC(=O)c1ccc2ccccc2c1)C(=O)O. The molecule has 2 aromatic rings. The highest BCUT2D eigenvalue weighted by molar-refractivity contribution is 5.98. The standard InChI is InChI=1S/C19H22N2O4/c1-19(2,18(24)25)12-21-16(22)9-10-20-17(23)15-8-7-13-5-3-4-6-14(13)11-15/h3-8,11H,9-10,12H2,1-2H3,(H,20,23)(H,21,22)(H,24,25). The second kappa shape index (κ2) is 7.79. The maximum atomic E-state index is 12.2. The molecular weight excluding hydrogens is 320 g/mol. The van der Waals surface area contributed by atoms with Crippen LogP contribution in [0.15, 0.2) is 42.5 Å². The van der Waals surface area contributed by atoms with E-state index >= 15 is 0 Å². The van der Waals surface area contributed by atoms with E-state index in [0.717, 1.165) is 10.8 Å². The Morgan fingerprint density at radius 3 is 2.36 bits per heavy atom. The third-order valence-corrected chi connectivity index (χ3v) is 3.96. The number of benzene rings is 2. The van der Waals surface area contributed by atoms with Gasteiger partial charge in [0, 0.05) is 25.1 Å². The third-order valence-electron chi connectivity index (χ3n) is 3.96. The second-order valence-electron chi connectivity index (χ2n) is 6.53. The number of aliphatic carboxylic acids is 1. The van der Waals surface area contributed by atoms with Crippen molar-refractivity contribution in [3.05, 3.63) is 48.0 Å². The number of fused-ring (bicyclic) bond motifs is 1. The van der Waals surface area contributed by atoms with E-state index in [-0.39, 0.29) is 31.3 Å². The lowest BCUT2D eigenvalue weighted by atomic mass is 9.94. The normalized spacial score (nSPS) is 11.1. The number of hydrogen-bond donors (Lipinski definition) is 3. The van der Waals surface area contributed by atoms with Crippen molar-refractivity contribution >= 4 is 28.6 Å². The van der Waals surface area contributed by atoms with Crippen LogP contribution in [0.4, 0.5) is 0 Å². The Labute approximate surface area is 146 Å². The molecule has 6 heteroatoms. The Balaban J connectivity index is 1.81. The van der Waals surface area contributed by atoms with Crippen LogP contribution in [0.5, 0.6) is 0 Å². The van der Waals surface area contributed by atoms with Gasteiger partial charge in [-0.1, -0.05) is 30.3 Å². The highest BCUT2D eigenvalue weighted by atomic mass is 16.4. The molecule has 2 aromatic carbocycles. The third kappa shape index (κ3) is 5.04. The first-order valence-corrected chi connectivity index (χ1v) is 8.07. The van der Waals surface area contributed by atoms with Gasteiger partial charge < -0.3 is 15.7 Å². The zero-order chi connectivity index (χ0) is 18.4. The summed E-state index contributed by atoms with van der Waals surface area (Å²) in [6.07, 6.45) is 0.0923. The highest BCUT2D eigenvalue weighted by Crippen LogP contribution is 2.15. The van der Waals surface area contributed by atoms with Crippen molar-refractivity contribution in [2.24, 2.45) is 5.41 Å². The van der Waals surface area contributed by atoms with Gasteiger partial charge in [-0.25, -0.2) is 0 Å². The van der Waals surface area contributed by atoms with Crippen molar-refractivity contribution in [2.45, 2.75) is 20.3 Å². The molecule has 2 amide bonds. The molecule has 6 nitrogen and oxygen atoms in total. The number of carboxylic acid groups (broad SMARTS) is 1. The largest absolute Gasteiger partial charge is 0.481 e. The lowest BCUT2D eigenvalue weighted by Gasteiger charge is -2.19. The van der Waals surface area contributed by atoms with Crippen molar-refractivity contribution in [1.82, 2.24) is 10.6 Å². The zero-order valence-electron chi connectivity index (χ0n) is 14.3. The van der Waals surface area contributed by atoms with Crippen molar-refractivity contribution in [1.29, 1.82) is 0 Å². The van der Waals surface area contributed by atoms with Gasteiger partial charge in [0.1, 0.15) is 0 Å². The van der Waals surface area contributed by atoms with Crippen LogP contribution in [0.2, 0.25) is 0 Å². The zero-order valence-corrected chi connectivity index (χ0v) is 14.3. The Kier molecular flexibility index (Phi) is 5.75. The van der Waals surface area contributed by atoms with E-state index in [4.69, 9.17) is 5.11 Å². The minimum Gasteiger partial charge on any atom is -0.481 e. The number of carbonyl (C=O) groups excluding carboxylic acids is 2. The van der Waals surface area contributed by atoms with Crippen molar-refractivity contribution < 1.29 is 19.5 Å². The fraction of sp³-hybridized carbons (Fsp3) is 0.316. The smallest absolute Gasteiger partial charge is 0.310 e. The molecular formula is C19H22N2O4. The molecule has 0 heterocycles. The van der Waals surface area contributed by atoms with Gasteiger partial charge in [0.25, 0.3) is 5.91 Å². The van der Waals surface area contributed by atoms with Gasteiger partial charge in [-0.2, -0.15) is 0 Å². The molecule has 0 saturated heterocycles. The van der Waals surface area contributed by atoms with Gasteiger partial charge in [-0.05, 0) is 36.8 Å². The summed E-state index contributed by atoms with van der Waals surface area (Å²) in [5, 5.41) is 16.3. The average Bonchev–Trinajstić information content (AvgIpc) is 2.59. The summed E-state index contributed by atoms with van der Waals surface area (Å²) in [4.78, 5) is 34.9. The van der Waals surface area contributed by atoms with E-state index in [2.05, 4.69) is 10.6 Å². The van der Waals surface area contributed by atoms with Crippen LogP contribution >= 0.6 is 0 Å². The molecule has 0 aliphatic heterocycles. The van der Waals surface area contributed by atoms with E-state index in [1.54, 1.807) is 12.1 Å². The minimum atomic E-state index is -1.02. The predicted octanol–water partition coefficient (Wildman–Crippen LogP) is 2.19. The van der Waals surface area contributed by atoms with E-state index in [1.165, 1.54) is 13.8 Å². The van der Waals surface area contributed by atoms with Gasteiger partial charge >= 0.3 is 5.97 Å². The number of hydrogen-bond acceptors (Lipinski definition) is 3. The molecule has 0 atom stereocenters. The van der Waals surface area contributed by atoms with Gasteiger partial charge in [-0.3, -0.25) is 14.4 Å². The molecule has 0 spiro atoms. The first kappa shape index (κ1) is 18.4. The molecule has 0 fully saturated rings. The fourth-order valence-corrected chi connectivity index (χ4v) is 2.21. The number of rotatable bonds is 7. The highest BCUT2D eigenvalue weighted by Gasteiger charge is 2.27. The number of carbonyl (C=O) groups is 3. The fourth-order valence-electron chi connectivity index (χ4n) is 2.21. The van der Waals surface area contributed by atoms with Gasteiger partial charge in [-0.15, -0.1) is 0 Å². The van der Waals surface area contributed by atoms with Gasteiger partial charge in [0.15, 0.2) is 0 Å². The van der Waals surface area contributed by atoms with Crippen molar-refractivity contribution in [3.63, 3.8) is 0 Å². The number of carboxylic acids is 1. The first-order chi connectivity index (χ1) is 11.8.